The zero-order valence-electron chi connectivity index (χ0n) is 16.6. The number of fused-ring (bicyclic) bond motifs is 1. The SMILES string of the molecule is COCCNC(=O)NC(=O)COC(=O)c1cc2c(C)nn(Cc3ccccc3)c2s1. The molecule has 9 nitrogen and oxygen atoms in total. The highest BCUT2D eigenvalue weighted by Gasteiger charge is 2.19. The summed E-state index contributed by atoms with van der Waals surface area (Å²) in [6.45, 7) is 2.49. The van der Waals surface area contributed by atoms with Crippen LogP contribution >= 0.6 is 11.3 Å². The molecule has 3 aromatic rings. The molecule has 0 radical (unpaired) electrons. The van der Waals surface area contributed by atoms with E-state index in [1.54, 1.807) is 6.07 Å². The Kier molecular flexibility index (Phi) is 7.15. The zero-order valence-corrected chi connectivity index (χ0v) is 17.5. The highest BCUT2D eigenvalue weighted by molar-refractivity contribution is 7.20. The fourth-order valence-corrected chi connectivity index (χ4v) is 3.81. The van der Waals surface area contributed by atoms with Crippen molar-refractivity contribution in [2.24, 2.45) is 0 Å². The number of nitrogens with one attached hydrogen (secondary N) is 2. The Bertz CT molecular complexity index is 1040. The summed E-state index contributed by atoms with van der Waals surface area (Å²) in [7, 11) is 1.50. The van der Waals surface area contributed by atoms with Crippen LogP contribution in [0.4, 0.5) is 4.79 Å². The summed E-state index contributed by atoms with van der Waals surface area (Å²) >= 11 is 1.25. The number of aromatic nitrogens is 2. The van der Waals surface area contributed by atoms with Gasteiger partial charge in [0.05, 0.1) is 18.8 Å². The molecule has 158 valence electrons. The maximum atomic E-state index is 12.4. The summed E-state index contributed by atoms with van der Waals surface area (Å²) in [6, 6.07) is 10.9. The third-order valence-electron chi connectivity index (χ3n) is 4.16. The first kappa shape index (κ1) is 21.5. The van der Waals surface area contributed by atoms with Crippen LogP contribution in [0.15, 0.2) is 36.4 Å². The summed E-state index contributed by atoms with van der Waals surface area (Å²) < 4.78 is 11.7. The molecule has 10 heteroatoms. The summed E-state index contributed by atoms with van der Waals surface area (Å²) in [5, 5.41) is 9.92. The van der Waals surface area contributed by atoms with Gasteiger partial charge in [-0.3, -0.25) is 14.8 Å². The number of carbonyl (C=O) groups is 3. The van der Waals surface area contributed by atoms with Gasteiger partial charge in [0.15, 0.2) is 6.61 Å². The maximum Gasteiger partial charge on any atom is 0.348 e. The number of aryl methyl sites for hydroxylation is 1. The largest absolute Gasteiger partial charge is 0.451 e. The number of imide groups is 1. The molecule has 0 unspecified atom stereocenters. The topological polar surface area (TPSA) is 112 Å². The molecule has 2 heterocycles. The number of hydrogen-bond donors (Lipinski definition) is 2. The average Bonchev–Trinajstić information content (AvgIpc) is 3.29. The number of methoxy groups -OCH3 is 1. The van der Waals surface area contributed by atoms with Gasteiger partial charge < -0.3 is 14.8 Å². The van der Waals surface area contributed by atoms with E-state index in [1.807, 2.05) is 41.9 Å². The van der Waals surface area contributed by atoms with Gasteiger partial charge >= 0.3 is 12.0 Å². The van der Waals surface area contributed by atoms with Crippen LogP contribution < -0.4 is 10.6 Å². The Hall–Kier alpha value is -3.24. The predicted molar refractivity (Wildman–Crippen MR) is 112 cm³/mol. The Balaban J connectivity index is 1.60. The molecule has 0 bridgehead atoms. The van der Waals surface area contributed by atoms with Crippen molar-refractivity contribution in [1.29, 1.82) is 0 Å². The Labute approximate surface area is 177 Å². The number of hydrogen-bond acceptors (Lipinski definition) is 7. The summed E-state index contributed by atoms with van der Waals surface area (Å²) in [6.07, 6.45) is 0. The monoisotopic (exact) mass is 430 g/mol. The van der Waals surface area contributed by atoms with Crippen LogP contribution in [0.2, 0.25) is 0 Å². The van der Waals surface area contributed by atoms with E-state index in [9.17, 15) is 14.4 Å². The Morgan fingerprint density at radius 3 is 2.70 bits per heavy atom. The van der Waals surface area contributed by atoms with Crippen LogP contribution in [0.5, 0.6) is 0 Å². The molecular weight excluding hydrogens is 408 g/mol. The minimum atomic E-state index is -0.717. The molecule has 0 aliphatic rings. The molecule has 30 heavy (non-hydrogen) atoms. The molecule has 0 aliphatic heterocycles. The predicted octanol–water partition coefficient (Wildman–Crippen LogP) is 2.08. The van der Waals surface area contributed by atoms with Crippen molar-refractivity contribution < 1.29 is 23.9 Å². The third kappa shape index (κ3) is 5.43. The fourth-order valence-electron chi connectivity index (χ4n) is 2.75. The van der Waals surface area contributed by atoms with Crippen LogP contribution in [-0.2, 0) is 20.8 Å². The second kappa shape index (κ2) is 9.99. The molecule has 3 rings (SSSR count). The molecule has 2 aromatic heterocycles. The van der Waals surface area contributed by atoms with Gasteiger partial charge in [0.25, 0.3) is 5.91 Å². The molecule has 0 fully saturated rings. The molecule has 0 aliphatic carbocycles. The van der Waals surface area contributed by atoms with Crippen LogP contribution in [0.25, 0.3) is 10.2 Å². The van der Waals surface area contributed by atoms with E-state index in [0.717, 1.165) is 21.5 Å². The molecule has 2 N–H and O–H groups in total. The summed E-state index contributed by atoms with van der Waals surface area (Å²) in [5.74, 6) is -1.34. The lowest BCUT2D eigenvalue weighted by Gasteiger charge is -2.06. The fraction of sp³-hybridized carbons (Fsp3) is 0.300. The van der Waals surface area contributed by atoms with E-state index in [4.69, 9.17) is 9.47 Å². The number of esters is 1. The first-order chi connectivity index (χ1) is 14.5. The van der Waals surface area contributed by atoms with Crippen molar-refractivity contribution in [1.82, 2.24) is 20.4 Å². The van der Waals surface area contributed by atoms with Gasteiger partial charge in [-0.15, -0.1) is 11.3 Å². The average molecular weight is 430 g/mol. The molecule has 1 aromatic carbocycles. The first-order valence-electron chi connectivity index (χ1n) is 9.22. The lowest BCUT2D eigenvalue weighted by molar-refractivity contribution is -0.123. The molecular formula is C20H22N4O5S. The van der Waals surface area contributed by atoms with E-state index in [0.29, 0.717) is 18.0 Å². The van der Waals surface area contributed by atoms with Crippen molar-refractivity contribution >= 4 is 39.5 Å². The number of thiophene rings is 1. The minimum absolute atomic E-state index is 0.260. The summed E-state index contributed by atoms with van der Waals surface area (Å²) in [4.78, 5) is 36.8. The van der Waals surface area contributed by atoms with Crippen molar-refractivity contribution in [3.8, 4) is 0 Å². The number of nitrogens with zero attached hydrogens (tertiary/aromatic N) is 2. The van der Waals surface area contributed by atoms with E-state index in [1.165, 1.54) is 18.4 Å². The van der Waals surface area contributed by atoms with Crippen LogP contribution in [0, 0.1) is 6.92 Å². The molecule has 0 atom stereocenters. The van der Waals surface area contributed by atoms with E-state index >= 15 is 0 Å². The second-order valence-electron chi connectivity index (χ2n) is 6.43. The van der Waals surface area contributed by atoms with Gasteiger partial charge in [-0.25, -0.2) is 9.59 Å². The number of carbonyl (C=O) groups excluding carboxylic acids is 3. The van der Waals surface area contributed by atoms with E-state index in [-0.39, 0.29) is 6.54 Å². The van der Waals surface area contributed by atoms with Gasteiger partial charge in [0.2, 0.25) is 0 Å². The zero-order chi connectivity index (χ0) is 21.5. The minimum Gasteiger partial charge on any atom is -0.451 e. The second-order valence-corrected chi connectivity index (χ2v) is 7.46. The van der Waals surface area contributed by atoms with Gasteiger partial charge in [0, 0.05) is 19.0 Å². The van der Waals surface area contributed by atoms with Gasteiger partial charge in [-0.1, -0.05) is 30.3 Å². The highest BCUT2D eigenvalue weighted by atomic mass is 32.1. The number of amides is 3. The molecule has 0 saturated heterocycles. The normalized spacial score (nSPS) is 10.7. The number of urea groups is 1. The first-order valence-corrected chi connectivity index (χ1v) is 10.0. The van der Waals surface area contributed by atoms with Crippen molar-refractivity contribution in [3.63, 3.8) is 0 Å². The number of benzene rings is 1. The number of ether oxygens (including phenoxy) is 2. The standard InChI is InChI=1S/C20H22N4O5S/c1-13-15-10-16(19(26)29-12-17(25)22-20(27)21-8-9-28-2)30-18(15)24(23-13)11-14-6-4-3-5-7-14/h3-7,10H,8-9,11-12H2,1-2H3,(H2,21,22,25,27). The van der Waals surface area contributed by atoms with Gasteiger partial charge in [0.1, 0.15) is 9.71 Å². The van der Waals surface area contributed by atoms with Gasteiger partial charge in [-0.2, -0.15) is 5.10 Å². The Morgan fingerprint density at radius 2 is 1.97 bits per heavy atom. The van der Waals surface area contributed by atoms with Crippen molar-refractivity contribution in [3.05, 3.63) is 52.5 Å². The number of rotatable bonds is 8. The van der Waals surface area contributed by atoms with Crippen molar-refractivity contribution in [2.45, 2.75) is 13.5 Å². The van der Waals surface area contributed by atoms with Crippen molar-refractivity contribution in [2.75, 3.05) is 26.9 Å². The Morgan fingerprint density at radius 1 is 1.20 bits per heavy atom. The van der Waals surface area contributed by atoms with Crippen LogP contribution in [0.1, 0.15) is 20.9 Å². The summed E-state index contributed by atoms with van der Waals surface area (Å²) in [5.41, 5.74) is 1.90. The third-order valence-corrected chi connectivity index (χ3v) is 5.29. The van der Waals surface area contributed by atoms with Crippen LogP contribution in [-0.4, -0.2) is 54.6 Å². The molecule has 0 spiro atoms. The quantitative estimate of drug-likeness (QED) is 0.418. The van der Waals surface area contributed by atoms with E-state index in [2.05, 4.69) is 15.7 Å². The lowest BCUT2D eigenvalue weighted by Crippen LogP contribution is -2.42. The van der Waals surface area contributed by atoms with Crippen LogP contribution in [0.3, 0.4) is 0 Å². The van der Waals surface area contributed by atoms with Gasteiger partial charge in [-0.05, 0) is 18.6 Å². The highest BCUT2D eigenvalue weighted by Crippen LogP contribution is 2.29. The van der Waals surface area contributed by atoms with E-state index < -0.39 is 24.5 Å². The lowest BCUT2D eigenvalue weighted by atomic mass is 10.2. The molecule has 3 amide bonds. The molecule has 0 saturated carbocycles. The maximum absolute atomic E-state index is 12.4. The smallest absolute Gasteiger partial charge is 0.348 e.